The van der Waals surface area contributed by atoms with Crippen LogP contribution in [0.25, 0.3) is 11.4 Å². The molecular formula is C15H18BrN3. The third kappa shape index (κ3) is 2.95. The molecule has 0 amide bonds. The number of halogens is 1. The van der Waals surface area contributed by atoms with Crippen molar-refractivity contribution in [1.82, 2.24) is 9.97 Å². The molecule has 2 N–H and O–H groups in total. The molecular weight excluding hydrogens is 302 g/mol. The van der Waals surface area contributed by atoms with Gasteiger partial charge in [-0.3, -0.25) is 0 Å². The third-order valence-electron chi connectivity index (χ3n) is 3.06. The quantitative estimate of drug-likeness (QED) is 0.928. The van der Waals surface area contributed by atoms with Gasteiger partial charge in [0.15, 0.2) is 5.82 Å². The Morgan fingerprint density at radius 1 is 1.21 bits per heavy atom. The summed E-state index contributed by atoms with van der Waals surface area (Å²) < 4.78 is 0.822. The van der Waals surface area contributed by atoms with Crippen LogP contribution in [0.15, 0.2) is 22.7 Å². The van der Waals surface area contributed by atoms with Crippen LogP contribution in [0.2, 0.25) is 0 Å². The van der Waals surface area contributed by atoms with Gasteiger partial charge in [-0.15, -0.1) is 0 Å². The van der Waals surface area contributed by atoms with Gasteiger partial charge in [0.2, 0.25) is 0 Å². The maximum absolute atomic E-state index is 5.97. The molecule has 0 aliphatic rings. The minimum atomic E-state index is 0.508. The number of nitrogens with two attached hydrogens (primary N) is 1. The van der Waals surface area contributed by atoms with Crippen LogP contribution in [0.5, 0.6) is 0 Å². The van der Waals surface area contributed by atoms with Gasteiger partial charge >= 0.3 is 0 Å². The van der Waals surface area contributed by atoms with Crippen LogP contribution >= 0.6 is 15.9 Å². The third-order valence-corrected chi connectivity index (χ3v) is 3.92. The Bertz CT molecular complexity index is 609. The zero-order chi connectivity index (χ0) is 14.0. The molecule has 19 heavy (non-hydrogen) atoms. The summed E-state index contributed by atoms with van der Waals surface area (Å²) in [6, 6.07) is 6.27. The molecule has 0 fully saturated rings. The Balaban J connectivity index is 2.56. The molecule has 1 aromatic heterocycles. The molecule has 0 unspecified atom stereocenters. The molecule has 1 heterocycles. The van der Waals surface area contributed by atoms with Crippen LogP contribution in [0.1, 0.15) is 30.2 Å². The highest BCUT2D eigenvalue weighted by atomic mass is 79.9. The fourth-order valence-corrected chi connectivity index (χ4v) is 2.48. The Kier molecular flexibility index (Phi) is 4.20. The van der Waals surface area contributed by atoms with E-state index in [0.29, 0.717) is 11.6 Å². The number of rotatable bonds is 3. The predicted molar refractivity (Wildman–Crippen MR) is 83.0 cm³/mol. The fourth-order valence-electron chi connectivity index (χ4n) is 2.10. The van der Waals surface area contributed by atoms with Gasteiger partial charge in [-0.05, 0) is 41.8 Å². The summed E-state index contributed by atoms with van der Waals surface area (Å²) >= 11 is 3.47. The average molecular weight is 320 g/mol. The van der Waals surface area contributed by atoms with Crippen molar-refractivity contribution in [2.45, 2.75) is 33.6 Å². The highest BCUT2D eigenvalue weighted by Gasteiger charge is 2.12. The maximum Gasteiger partial charge on any atom is 0.162 e. The lowest BCUT2D eigenvalue weighted by atomic mass is 10.0. The first kappa shape index (κ1) is 14.0. The second kappa shape index (κ2) is 5.70. The second-order valence-corrected chi connectivity index (χ2v) is 5.55. The smallest absolute Gasteiger partial charge is 0.162 e. The standard InChI is InChI=1S/C15H18BrN3/c1-4-5-12-13(16)14(17)19-15(18-12)11-7-6-9(2)8-10(11)3/h6-8H,4-5H2,1-3H3,(H2,17,18,19). The van der Waals surface area contributed by atoms with E-state index >= 15 is 0 Å². The lowest BCUT2D eigenvalue weighted by molar-refractivity contribution is 0.869. The van der Waals surface area contributed by atoms with E-state index in [1.807, 2.05) is 0 Å². The predicted octanol–water partition coefficient (Wildman–Crippen LogP) is 4.06. The van der Waals surface area contributed by atoms with E-state index in [1.54, 1.807) is 0 Å². The molecule has 1 aromatic carbocycles. The number of benzene rings is 1. The zero-order valence-electron chi connectivity index (χ0n) is 11.5. The van der Waals surface area contributed by atoms with Gasteiger partial charge in [0.05, 0.1) is 10.2 Å². The van der Waals surface area contributed by atoms with Gasteiger partial charge in [0.1, 0.15) is 5.82 Å². The monoisotopic (exact) mass is 319 g/mol. The summed E-state index contributed by atoms with van der Waals surface area (Å²) in [6.07, 6.45) is 1.92. The molecule has 100 valence electrons. The molecule has 0 aliphatic heterocycles. The number of hydrogen-bond acceptors (Lipinski definition) is 3. The second-order valence-electron chi connectivity index (χ2n) is 4.76. The van der Waals surface area contributed by atoms with Gasteiger partial charge in [-0.25, -0.2) is 9.97 Å². The van der Waals surface area contributed by atoms with Crippen LogP contribution in [0.3, 0.4) is 0 Å². The van der Waals surface area contributed by atoms with E-state index in [2.05, 4.69) is 64.9 Å². The normalized spacial score (nSPS) is 10.7. The SMILES string of the molecule is CCCc1nc(-c2ccc(C)cc2C)nc(N)c1Br. The topological polar surface area (TPSA) is 51.8 Å². The van der Waals surface area contributed by atoms with E-state index in [0.717, 1.165) is 28.6 Å². The number of anilines is 1. The number of aromatic nitrogens is 2. The molecule has 0 aliphatic carbocycles. The summed E-state index contributed by atoms with van der Waals surface area (Å²) in [4.78, 5) is 9.04. The summed E-state index contributed by atoms with van der Waals surface area (Å²) in [5, 5.41) is 0. The lowest BCUT2D eigenvalue weighted by Gasteiger charge is -2.10. The Labute approximate surface area is 122 Å². The summed E-state index contributed by atoms with van der Waals surface area (Å²) in [5.41, 5.74) is 10.4. The maximum atomic E-state index is 5.97. The van der Waals surface area contributed by atoms with Crippen molar-refractivity contribution >= 4 is 21.7 Å². The fraction of sp³-hybridized carbons (Fsp3) is 0.333. The zero-order valence-corrected chi connectivity index (χ0v) is 13.1. The van der Waals surface area contributed by atoms with Gasteiger partial charge < -0.3 is 5.73 Å². The van der Waals surface area contributed by atoms with Gasteiger partial charge in [-0.2, -0.15) is 0 Å². The van der Waals surface area contributed by atoms with Gasteiger partial charge in [-0.1, -0.05) is 37.1 Å². The van der Waals surface area contributed by atoms with Crippen molar-refractivity contribution in [3.05, 3.63) is 39.5 Å². The van der Waals surface area contributed by atoms with E-state index in [4.69, 9.17) is 5.73 Å². The summed E-state index contributed by atoms with van der Waals surface area (Å²) in [6.45, 7) is 6.28. The lowest BCUT2D eigenvalue weighted by Crippen LogP contribution is -2.03. The minimum absolute atomic E-state index is 0.508. The molecule has 0 saturated heterocycles. The van der Waals surface area contributed by atoms with Crippen molar-refractivity contribution in [2.75, 3.05) is 5.73 Å². The van der Waals surface area contributed by atoms with Crippen LogP contribution in [-0.2, 0) is 6.42 Å². The molecule has 0 bridgehead atoms. The number of nitrogens with zero attached hydrogens (tertiary/aromatic N) is 2. The van der Waals surface area contributed by atoms with Crippen molar-refractivity contribution < 1.29 is 0 Å². The molecule has 0 radical (unpaired) electrons. The molecule has 3 nitrogen and oxygen atoms in total. The Morgan fingerprint density at radius 3 is 2.58 bits per heavy atom. The van der Waals surface area contributed by atoms with Crippen molar-refractivity contribution in [3.63, 3.8) is 0 Å². The van der Waals surface area contributed by atoms with E-state index in [9.17, 15) is 0 Å². The molecule has 0 atom stereocenters. The summed E-state index contributed by atoms with van der Waals surface area (Å²) in [7, 11) is 0. The van der Waals surface area contributed by atoms with Gasteiger partial charge in [0.25, 0.3) is 0 Å². The van der Waals surface area contributed by atoms with Crippen molar-refractivity contribution in [2.24, 2.45) is 0 Å². The first-order chi connectivity index (χ1) is 9.02. The molecule has 0 saturated carbocycles. The van der Waals surface area contributed by atoms with Crippen LogP contribution in [-0.4, -0.2) is 9.97 Å². The summed E-state index contributed by atoms with van der Waals surface area (Å²) in [5.74, 6) is 1.22. The highest BCUT2D eigenvalue weighted by Crippen LogP contribution is 2.27. The van der Waals surface area contributed by atoms with Gasteiger partial charge in [0, 0.05) is 5.56 Å². The average Bonchev–Trinajstić information content (AvgIpc) is 2.35. The number of nitrogen functional groups attached to an aromatic ring is 1. The first-order valence-electron chi connectivity index (χ1n) is 6.42. The molecule has 2 rings (SSSR count). The first-order valence-corrected chi connectivity index (χ1v) is 7.21. The van der Waals surface area contributed by atoms with E-state index < -0.39 is 0 Å². The van der Waals surface area contributed by atoms with Crippen molar-refractivity contribution in [1.29, 1.82) is 0 Å². The van der Waals surface area contributed by atoms with Crippen LogP contribution in [0.4, 0.5) is 5.82 Å². The number of aryl methyl sites for hydroxylation is 3. The molecule has 0 spiro atoms. The van der Waals surface area contributed by atoms with Crippen molar-refractivity contribution in [3.8, 4) is 11.4 Å². The molecule has 4 heteroatoms. The van der Waals surface area contributed by atoms with E-state index in [1.165, 1.54) is 11.1 Å². The largest absolute Gasteiger partial charge is 0.383 e. The Hall–Kier alpha value is -1.42. The van der Waals surface area contributed by atoms with Crippen LogP contribution < -0.4 is 5.73 Å². The number of hydrogen-bond donors (Lipinski definition) is 1. The van der Waals surface area contributed by atoms with Crippen LogP contribution in [0, 0.1) is 13.8 Å². The van der Waals surface area contributed by atoms with E-state index in [-0.39, 0.29) is 0 Å². The Morgan fingerprint density at radius 2 is 1.95 bits per heavy atom. The minimum Gasteiger partial charge on any atom is -0.383 e. The molecule has 2 aromatic rings. The highest BCUT2D eigenvalue weighted by molar-refractivity contribution is 9.10.